The third-order valence-electron chi connectivity index (χ3n) is 3.02. The van der Waals surface area contributed by atoms with Crippen LogP contribution in [0.25, 0.3) is 10.6 Å². The fraction of sp³-hybridized carbons (Fsp3) is 0.267. The van der Waals surface area contributed by atoms with Gasteiger partial charge in [-0.2, -0.15) is 0 Å². The van der Waals surface area contributed by atoms with Crippen molar-refractivity contribution in [2.45, 2.75) is 13.3 Å². The zero-order valence-electron chi connectivity index (χ0n) is 12.0. The van der Waals surface area contributed by atoms with Crippen molar-refractivity contribution in [3.05, 3.63) is 41.2 Å². The number of amides is 1. The molecule has 1 amide bonds. The van der Waals surface area contributed by atoms with Crippen LogP contribution in [-0.4, -0.2) is 40.0 Å². The molecule has 0 saturated carbocycles. The number of carbonyl (C=O) groups excluding carboxylic acids is 1. The van der Waals surface area contributed by atoms with Crippen LogP contribution < -0.4 is 0 Å². The van der Waals surface area contributed by atoms with Gasteiger partial charge < -0.3 is 10.0 Å². The highest BCUT2D eigenvalue weighted by Crippen LogP contribution is 2.24. The van der Waals surface area contributed by atoms with Gasteiger partial charge in [0.15, 0.2) is 0 Å². The number of halogens is 1. The van der Waals surface area contributed by atoms with E-state index in [9.17, 15) is 14.0 Å². The number of aromatic nitrogens is 1. The van der Waals surface area contributed by atoms with Gasteiger partial charge in [-0.3, -0.25) is 9.59 Å². The fourth-order valence-corrected chi connectivity index (χ4v) is 2.77. The van der Waals surface area contributed by atoms with Gasteiger partial charge in [0.05, 0.1) is 12.1 Å². The standard InChI is InChI=1S/C15H15FN2O3S/c1-2-18(8-14(20)21)13(19)7-12-9-22-15(17-12)10-4-3-5-11(16)6-10/h3-6,9H,2,7-8H2,1H3,(H,20,21). The van der Waals surface area contributed by atoms with Gasteiger partial charge in [0.25, 0.3) is 0 Å². The molecule has 0 atom stereocenters. The Bertz CT molecular complexity index is 687. The highest BCUT2D eigenvalue weighted by Gasteiger charge is 2.17. The first-order chi connectivity index (χ1) is 10.5. The Labute approximate surface area is 131 Å². The van der Waals surface area contributed by atoms with Crippen LogP contribution in [0, 0.1) is 5.82 Å². The molecule has 0 bridgehead atoms. The van der Waals surface area contributed by atoms with Crippen LogP contribution in [-0.2, 0) is 16.0 Å². The van der Waals surface area contributed by atoms with E-state index in [-0.39, 0.29) is 24.7 Å². The van der Waals surface area contributed by atoms with Crippen molar-refractivity contribution in [1.82, 2.24) is 9.88 Å². The average molecular weight is 322 g/mol. The van der Waals surface area contributed by atoms with E-state index < -0.39 is 5.97 Å². The Kier molecular flexibility index (Phi) is 5.21. The summed E-state index contributed by atoms with van der Waals surface area (Å²) < 4.78 is 13.2. The van der Waals surface area contributed by atoms with Gasteiger partial charge in [0, 0.05) is 17.5 Å². The van der Waals surface area contributed by atoms with Crippen LogP contribution in [0.2, 0.25) is 0 Å². The summed E-state index contributed by atoms with van der Waals surface area (Å²) in [6.07, 6.45) is 0.0347. The van der Waals surface area contributed by atoms with Gasteiger partial charge in [0.2, 0.25) is 5.91 Å². The minimum absolute atomic E-state index is 0.0347. The number of carboxylic acids is 1. The molecule has 116 valence electrons. The Hall–Kier alpha value is -2.28. The van der Waals surface area contributed by atoms with Gasteiger partial charge in [-0.25, -0.2) is 9.37 Å². The number of hydrogen-bond donors (Lipinski definition) is 1. The summed E-state index contributed by atoms with van der Waals surface area (Å²) in [4.78, 5) is 28.3. The summed E-state index contributed by atoms with van der Waals surface area (Å²) in [6, 6.07) is 6.08. The lowest BCUT2D eigenvalue weighted by atomic mass is 10.2. The highest BCUT2D eigenvalue weighted by molar-refractivity contribution is 7.13. The normalized spacial score (nSPS) is 10.5. The molecular weight excluding hydrogens is 307 g/mol. The molecule has 2 aromatic rings. The summed E-state index contributed by atoms with van der Waals surface area (Å²) in [5.41, 5.74) is 1.21. The number of rotatable bonds is 6. The molecule has 0 saturated heterocycles. The lowest BCUT2D eigenvalue weighted by molar-refractivity contribution is -0.144. The summed E-state index contributed by atoms with van der Waals surface area (Å²) in [5, 5.41) is 11.1. The molecule has 0 unspecified atom stereocenters. The summed E-state index contributed by atoms with van der Waals surface area (Å²) in [6.45, 7) is 1.72. The van der Waals surface area contributed by atoms with E-state index in [2.05, 4.69) is 4.98 Å². The first kappa shape index (κ1) is 16.1. The van der Waals surface area contributed by atoms with Crippen LogP contribution in [0.15, 0.2) is 29.6 Å². The second kappa shape index (κ2) is 7.13. The Balaban J connectivity index is 2.08. The first-order valence-electron chi connectivity index (χ1n) is 6.69. The molecular formula is C15H15FN2O3S. The van der Waals surface area contributed by atoms with Gasteiger partial charge in [-0.15, -0.1) is 11.3 Å². The topological polar surface area (TPSA) is 70.5 Å². The van der Waals surface area contributed by atoms with Crippen LogP contribution in [0.5, 0.6) is 0 Å². The SMILES string of the molecule is CCN(CC(=O)O)C(=O)Cc1csc(-c2cccc(F)c2)n1. The largest absolute Gasteiger partial charge is 0.480 e. The van der Waals surface area contributed by atoms with Gasteiger partial charge >= 0.3 is 5.97 Å². The molecule has 5 nitrogen and oxygen atoms in total. The van der Waals surface area contributed by atoms with Crippen LogP contribution in [0.4, 0.5) is 4.39 Å². The molecule has 0 aliphatic rings. The molecule has 2 rings (SSSR count). The second-order valence-electron chi connectivity index (χ2n) is 4.63. The van der Waals surface area contributed by atoms with E-state index in [1.807, 2.05) is 0 Å². The molecule has 0 aliphatic heterocycles. The van der Waals surface area contributed by atoms with Crippen LogP contribution in [0.1, 0.15) is 12.6 Å². The van der Waals surface area contributed by atoms with E-state index in [1.165, 1.54) is 28.4 Å². The van der Waals surface area contributed by atoms with Crippen LogP contribution in [0.3, 0.4) is 0 Å². The molecule has 0 fully saturated rings. The number of thiazole rings is 1. The Morgan fingerprint density at radius 2 is 2.18 bits per heavy atom. The zero-order chi connectivity index (χ0) is 16.1. The molecule has 1 aromatic carbocycles. The summed E-state index contributed by atoms with van der Waals surface area (Å²) in [7, 11) is 0. The van der Waals surface area contributed by atoms with Crippen molar-refractivity contribution in [1.29, 1.82) is 0 Å². The molecule has 1 aromatic heterocycles. The summed E-state index contributed by atoms with van der Waals surface area (Å²) >= 11 is 1.32. The quantitative estimate of drug-likeness (QED) is 0.887. The average Bonchev–Trinajstić information content (AvgIpc) is 2.93. The van der Waals surface area contributed by atoms with E-state index in [0.717, 1.165) is 0 Å². The number of aliphatic carboxylic acids is 1. The minimum Gasteiger partial charge on any atom is -0.480 e. The number of carboxylic acid groups (broad SMARTS) is 1. The maximum Gasteiger partial charge on any atom is 0.323 e. The van der Waals surface area contributed by atoms with Crippen molar-refractivity contribution in [2.75, 3.05) is 13.1 Å². The Morgan fingerprint density at radius 1 is 1.41 bits per heavy atom. The predicted octanol–water partition coefficient (Wildman–Crippen LogP) is 2.42. The summed E-state index contributed by atoms with van der Waals surface area (Å²) in [5.74, 6) is -1.68. The van der Waals surface area contributed by atoms with Crippen molar-refractivity contribution >= 4 is 23.2 Å². The van der Waals surface area contributed by atoms with Crippen LogP contribution >= 0.6 is 11.3 Å². The van der Waals surface area contributed by atoms with E-state index >= 15 is 0 Å². The number of carbonyl (C=O) groups is 2. The molecule has 22 heavy (non-hydrogen) atoms. The van der Waals surface area contributed by atoms with E-state index in [4.69, 9.17) is 5.11 Å². The van der Waals surface area contributed by atoms with Gasteiger partial charge in [-0.1, -0.05) is 12.1 Å². The molecule has 7 heteroatoms. The zero-order valence-corrected chi connectivity index (χ0v) is 12.8. The predicted molar refractivity (Wildman–Crippen MR) is 81.1 cm³/mol. The number of likely N-dealkylation sites (N-methyl/N-ethyl adjacent to an activating group) is 1. The molecule has 0 aliphatic carbocycles. The van der Waals surface area contributed by atoms with Crippen molar-refractivity contribution in [2.24, 2.45) is 0 Å². The highest BCUT2D eigenvalue weighted by atomic mass is 32.1. The lowest BCUT2D eigenvalue weighted by Crippen LogP contribution is -2.36. The molecule has 0 spiro atoms. The number of benzene rings is 1. The number of hydrogen-bond acceptors (Lipinski definition) is 4. The van der Waals surface area contributed by atoms with E-state index in [1.54, 1.807) is 24.4 Å². The monoisotopic (exact) mass is 322 g/mol. The Morgan fingerprint density at radius 3 is 2.82 bits per heavy atom. The maximum atomic E-state index is 13.2. The maximum absolute atomic E-state index is 13.2. The number of nitrogens with zero attached hydrogens (tertiary/aromatic N) is 2. The molecule has 0 radical (unpaired) electrons. The van der Waals surface area contributed by atoms with Crippen molar-refractivity contribution < 1.29 is 19.1 Å². The first-order valence-corrected chi connectivity index (χ1v) is 7.57. The molecule has 1 heterocycles. The fourth-order valence-electron chi connectivity index (χ4n) is 1.95. The van der Waals surface area contributed by atoms with Crippen molar-refractivity contribution in [3.63, 3.8) is 0 Å². The lowest BCUT2D eigenvalue weighted by Gasteiger charge is -2.17. The minimum atomic E-state index is -1.05. The van der Waals surface area contributed by atoms with E-state index in [0.29, 0.717) is 22.8 Å². The van der Waals surface area contributed by atoms with Gasteiger partial charge in [-0.05, 0) is 19.1 Å². The third kappa shape index (κ3) is 4.11. The van der Waals surface area contributed by atoms with Crippen molar-refractivity contribution in [3.8, 4) is 10.6 Å². The molecule has 1 N–H and O–H groups in total. The second-order valence-corrected chi connectivity index (χ2v) is 5.49. The van der Waals surface area contributed by atoms with Gasteiger partial charge in [0.1, 0.15) is 17.4 Å². The third-order valence-corrected chi connectivity index (χ3v) is 3.96. The smallest absolute Gasteiger partial charge is 0.323 e.